The Hall–Kier alpha value is -1.16. The first-order valence-electron chi connectivity index (χ1n) is 3.81. The first-order valence-corrected chi connectivity index (χ1v) is 3.81. The highest BCUT2D eigenvalue weighted by molar-refractivity contribution is 5.30. The number of nitrogens with zero attached hydrogens (tertiary/aromatic N) is 2. The van der Waals surface area contributed by atoms with E-state index in [1.54, 1.807) is 0 Å². The molecule has 0 aromatic rings. The summed E-state index contributed by atoms with van der Waals surface area (Å²) >= 11 is 0. The van der Waals surface area contributed by atoms with Crippen LogP contribution in [0.2, 0.25) is 0 Å². The molecule has 0 heterocycles. The first kappa shape index (κ1) is 10.8. The summed E-state index contributed by atoms with van der Waals surface area (Å²) in [6.45, 7) is 10.2. The van der Waals surface area contributed by atoms with Crippen molar-refractivity contribution in [3.63, 3.8) is 0 Å². The van der Waals surface area contributed by atoms with Crippen molar-refractivity contribution in [1.29, 1.82) is 0 Å². The predicted octanol–water partition coefficient (Wildman–Crippen LogP) is 0.371. The van der Waals surface area contributed by atoms with Gasteiger partial charge in [0.2, 0.25) is 0 Å². The van der Waals surface area contributed by atoms with Gasteiger partial charge < -0.3 is 11.1 Å². The zero-order chi connectivity index (χ0) is 9.40. The molecule has 0 rings (SSSR count). The lowest BCUT2D eigenvalue weighted by Crippen LogP contribution is -2.25. The molecule has 0 spiro atoms. The lowest BCUT2D eigenvalue weighted by Gasteiger charge is -2.10. The maximum absolute atomic E-state index is 5.43. The van der Waals surface area contributed by atoms with Crippen LogP contribution in [0.25, 0.3) is 0 Å². The maximum atomic E-state index is 5.43. The van der Waals surface area contributed by atoms with Gasteiger partial charge in [0.25, 0.3) is 0 Å². The Balaban J connectivity index is 3.80. The van der Waals surface area contributed by atoms with E-state index in [-0.39, 0.29) is 0 Å². The fraction of sp³-hybridized carbons (Fsp3) is 0.500. The van der Waals surface area contributed by atoms with Gasteiger partial charge in [-0.05, 0) is 25.9 Å². The molecule has 0 aliphatic carbocycles. The molecule has 0 saturated carbocycles. The Morgan fingerprint density at radius 3 is 2.75 bits per heavy atom. The Morgan fingerprint density at radius 1 is 1.67 bits per heavy atom. The second kappa shape index (κ2) is 6.54. The van der Waals surface area contributed by atoms with Gasteiger partial charge in [-0.15, -0.1) is 0 Å². The monoisotopic (exact) mass is 168 g/mol. The molecular formula is C8H16N4. The molecule has 0 bridgehead atoms. The summed E-state index contributed by atoms with van der Waals surface area (Å²) in [6, 6.07) is 0. The predicted molar refractivity (Wildman–Crippen MR) is 53.4 cm³/mol. The number of hydrogen-bond acceptors (Lipinski definition) is 4. The molecule has 0 radical (unpaired) electrons. The standard InChI is InChI=1S/C8H16N4/c1-7(4-9)5-12-8(11-3)6-10-2/h6-7,12H,2-5,9H2,1H3/b8-6+. The van der Waals surface area contributed by atoms with Crippen molar-refractivity contribution in [3.05, 3.63) is 12.0 Å². The number of aliphatic imine (C=N–C) groups is 2. The Morgan fingerprint density at radius 2 is 2.33 bits per heavy atom. The minimum Gasteiger partial charge on any atom is -0.369 e. The second-order valence-corrected chi connectivity index (χ2v) is 2.58. The van der Waals surface area contributed by atoms with Crippen LogP contribution in [0, 0.1) is 5.92 Å². The van der Waals surface area contributed by atoms with Gasteiger partial charge in [-0.1, -0.05) is 6.92 Å². The number of rotatable bonds is 6. The largest absolute Gasteiger partial charge is 0.369 e. The normalized spacial score (nSPS) is 13.7. The van der Waals surface area contributed by atoms with E-state index in [4.69, 9.17) is 5.73 Å². The fourth-order valence-electron chi connectivity index (χ4n) is 0.591. The van der Waals surface area contributed by atoms with Gasteiger partial charge in [-0.2, -0.15) is 0 Å². The van der Waals surface area contributed by atoms with Crippen LogP contribution < -0.4 is 11.1 Å². The summed E-state index contributed by atoms with van der Waals surface area (Å²) in [5.41, 5.74) is 5.43. The van der Waals surface area contributed by atoms with E-state index < -0.39 is 0 Å². The van der Waals surface area contributed by atoms with Crippen molar-refractivity contribution < 1.29 is 0 Å². The van der Waals surface area contributed by atoms with E-state index in [1.807, 2.05) is 0 Å². The zero-order valence-corrected chi connectivity index (χ0v) is 7.45. The van der Waals surface area contributed by atoms with Crippen LogP contribution >= 0.6 is 0 Å². The Bertz CT molecular complexity index is 174. The molecule has 3 N–H and O–H groups in total. The molecule has 0 aromatic carbocycles. The summed E-state index contributed by atoms with van der Waals surface area (Å²) in [6.07, 6.45) is 1.52. The van der Waals surface area contributed by atoms with Crippen molar-refractivity contribution in [2.45, 2.75) is 6.92 Å². The van der Waals surface area contributed by atoms with E-state index in [2.05, 4.69) is 35.7 Å². The van der Waals surface area contributed by atoms with Gasteiger partial charge in [-0.3, -0.25) is 4.99 Å². The molecule has 0 aliphatic rings. The third-order valence-corrected chi connectivity index (χ3v) is 1.42. The lowest BCUT2D eigenvalue weighted by atomic mass is 10.2. The van der Waals surface area contributed by atoms with Crippen LogP contribution in [-0.2, 0) is 0 Å². The van der Waals surface area contributed by atoms with E-state index in [0.29, 0.717) is 18.3 Å². The van der Waals surface area contributed by atoms with Gasteiger partial charge in [0, 0.05) is 6.54 Å². The summed E-state index contributed by atoms with van der Waals surface area (Å²) in [5.74, 6) is 1.05. The van der Waals surface area contributed by atoms with Gasteiger partial charge >= 0.3 is 0 Å². The van der Waals surface area contributed by atoms with Crippen molar-refractivity contribution in [3.8, 4) is 0 Å². The SMILES string of the molecule is C=N/C=C(\N=C)NCC(C)CN. The molecule has 12 heavy (non-hydrogen) atoms. The molecule has 4 nitrogen and oxygen atoms in total. The van der Waals surface area contributed by atoms with Crippen molar-refractivity contribution >= 4 is 13.4 Å². The molecule has 0 amide bonds. The van der Waals surface area contributed by atoms with Crippen LogP contribution in [-0.4, -0.2) is 26.5 Å². The molecular weight excluding hydrogens is 152 g/mol. The summed E-state index contributed by atoms with van der Waals surface area (Å²) in [5, 5.41) is 3.04. The molecule has 1 unspecified atom stereocenters. The Labute approximate surface area is 73.3 Å². The molecule has 0 aliphatic heterocycles. The third kappa shape index (κ3) is 4.62. The second-order valence-electron chi connectivity index (χ2n) is 2.58. The summed E-state index contributed by atoms with van der Waals surface area (Å²) < 4.78 is 0. The molecule has 0 aromatic heterocycles. The van der Waals surface area contributed by atoms with E-state index >= 15 is 0 Å². The van der Waals surface area contributed by atoms with Crippen LogP contribution in [0.1, 0.15) is 6.92 Å². The van der Waals surface area contributed by atoms with E-state index in [1.165, 1.54) is 6.20 Å². The zero-order valence-electron chi connectivity index (χ0n) is 7.45. The number of nitrogens with one attached hydrogen (secondary N) is 1. The van der Waals surface area contributed by atoms with Gasteiger partial charge in [0.15, 0.2) is 0 Å². The average Bonchev–Trinajstić information content (AvgIpc) is 2.11. The van der Waals surface area contributed by atoms with Crippen molar-refractivity contribution in [2.24, 2.45) is 21.6 Å². The topological polar surface area (TPSA) is 62.8 Å². The van der Waals surface area contributed by atoms with E-state index in [0.717, 1.165) is 6.54 Å². The molecule has 0 saturated heterocycles. The molecule has 1 atom stereocenters. The summed E-state index contributed by atoms with van der Waals surface area (Å²) in [4.78, 5) is 7.28. The number of nitrogens with two attached hydrogens (primary N) is 1. The molecule has 4 heteroatoms. The van der Waals surface area contributed by atoms with Crippen molar-refractivity contribution in [2.75, 3.05) is 13.1 Å². The third-order valence-electron chi connectivity index (χ3n) is 1.42. The molecule has 68 valence electrons. The smallest absolute Gasteiger partial charge is 0.143 e. The van der Waals surface area contributed by atoms with E-state index in [9.17, 15) is 0 Å². The highest BCUT2D eigenvalue weighted by Gasteiger charge is 1.98. The van der Waals surface area contributed by atoms with Crippen LogP contribution in [0.5, 0.6) is 0 Å². The highest BCUT2D eigenvalue weighted by atomic mass is 15.0. The maximum Gasteiger partial charge on any atom is 0.143 e. The van der Waals surface area contributed by atoms with Crippen LogP contribution in [0.4, 0.5) is 0 Å². The van der Waals surface area contributed by atoms with Crippen LogP contribution in [0.3, 0.4) is 0 Å². The van der Waals surface area contributed by atoms with Gasteiger partial charge in [0.05, 0.1) is 6.20 Å². The quantitative estimate of drug-likeness (QED) is 0.563. The first-order chi connectivity index (χ1) is 5.74. The van der Waals surface area contributed by atoms with Crippen molar-refractivity contribution in [1.82, 2.24) is 5.32 Å². The Kier molecular flexibility index (Phi) is 5.91. The van der Waals surface area contributed by atoms with Gasteiger partial charge in [0.1, 0.15) is 5.82 Å². The molecule has 0 fully saturated rings. The minimum absolute atomic E-state index is 0.417. The summed E-state index contributed by atoms with van der Waals surface area (Å²) in [7, 11) is 0. The highest BCUT2D eigenvalue weighted by Crippen LogP contribution is 1.93. The minimum atomic E-state index is 0.417. The average molecular weight is 168 g/mol. The number of hydrogen-bond donors (Lipinski definition) is 2. The fourth-order valence-corrected chi connectivity index (χ4v) is 0.591. The van der Waals surface area contributed by atoms with Gasteiger partial charge in [-0.25, -0.2) is 4.99 Å². The lowest BCUT2D eigenvalue weighted by molar-refractivity contribution is 0.554. The van der Waals surface area contributed by atoms with Crippen LogP contribution in [0.15, 0.2) is 22.0 Å².